The molecule has 2 N–H and O–H groups in total. The number of aromatic nitrogens is 1. The highest BCUT2D eigenvalue weighted by Gasteiger charge is 2.12. The molecule has 2 rings (SSSR count). The summed E-state index contributed by atoms with van der Waals surface area (Å²) in [7, 11) is 0. The van der Waals surface area contributed by atoms with Gasteiger partial charge in [-0.1, -0.05) is 27.5 Å². The maximum absolute atomic E-state index is 12.0. The van der Waals surface area contributed by atoms with Gasteiger partial charge in [0, 0.05) is 22.4 Å². The first-order valence-corrected chi connectivity index (χ1v) is 6.60. The first-order valence-electron chi connectivity index (χ1n) is 5.43. The molecule has 0 aliphatic rings. The zero-order valence-corrected chi connectivity index (χ0v) is 12.3. The number of hydrogen-bond acceptors (Lipinski definition) is 2. The van der Waals surface area contributed by atoms with Crippen molar-refractivity contribution in [2.24, 2.45) is 0 Å². The SMILES string of the molecule is Cc1cc(=O)c(C(=O)Nc2ccc(Br)cc2Cl)c[nH]1. The van der Waals surface area contributed by atoms with Crippen LogP contribution in [0.15, 0.2) is 39.7 Å². The van der Waals surface area contributed by atoms with Crippen molar-refractivity contribution in [3.63, 3.8) is 0 Å². The number of halogens is 2. The molecule has 0 saturated heterocycles. The first kappa shape index (κ1) is 13.8. The highest BCUT2D eigenvalue weighted by molar-refractivity contribution is 9.10. The lowest BCUT2D eigenvalue weighted by atomic mass is 10.2. The second-order valence-electron chi connectivity index (χ2n) is 3.97. The lowest BCUT2D eigenvalue weighted by Gasteiger charge is -2.07. The normalized spacial score (nSPS) is 10.3. The molecular weight excluding hydrogens is 332 g/mol. The zero-order chi connectivity index (χ0) is 14.0. The molecule has 1 aromatic heterocycles. The predicted octanol–water partition coefficient (Wildman–Crippen LogP) is 3.35. The summed E-state index contributed by atoms with van der Waals surface area (Å²) in [5.41, 5.74) is 0.865. The topological polar surface area (TPSA) is 62.0 Å². The van der Waals surface area contributed by atoms with Gasteiger partial charge in [-0.3, -0.25) is 9.59 Å². The number of pyridine rings is 1. The molecule has 0 radical (unpaired) electrons. The summed E-state index contributed by atoms with van der Waals surface area (Å²) in [5, 5.41) is 3.00. The van der Waals surface area contributed by atoms with Gasteiger partial charge < -0.3 is 10.3 Å². The van der Waals surface area contributed by atoms with E-state index in [4.69, 9.17) is 11.6 Å². The Bertz CT molecular complexity index is 697. The van der Waals surface area contributed by atoms with E-state index in [1.54, 1.807) is 25.1 Å². The number of anilines is 1. The van der Waals surface area contributed by atoms with E-state index in [0.29, 0.717) is 16.4 Å². The summed E-state index contributed by atoms with van der Waals surface area (Å²) < 4.78 is 0.809. The Balaban J connectivity index is 2.28. The Kier molecular flexibility index (Phi) is 4.07. The van der Waals surface area contributed by atoms with Crippen molar-refractivity contribution >= 4 is 39.1 Å². The standard InChI is InChI=1S/C13H10BrClN2O2/c1-7-4-12(18)9(6-16-7)13(19)17-11-3-2-8(14)5-10(11)15/h2-6H,1H3,(H,16,18)(H,17,19). The van der Waals surface area contributed by atoms with E-state index in [9.17, 15) is 9.59 Å². The molecule has 0 aliphatic heterocycles. The summed E-state index contributed by atoms with van der Waals surface area (Å²) in [6.45, 7) is 1.74. The minimum absolute atomic E-state index is 0.0459. The van der Waals surface area contributed by atoms with Gasteiger partial charge in [-0.2, -0.15) is 0 Å². The van der Waals surface area contributed by atoms with Crippen LogP contribution in [0, 0.1) is 6.92 Å². The second kappa shape index (κ2) is 5.59. The quantitative estimate of drug-likeness (QED) is 0.880. The lowest BCUT2D eigenvalue weighted by Crippen LogP contribution is -2.21. The molecule has 4 nitrogen and oxygen atoms in total. The molecule has 6 heteroatoms. The van der Waals surface area contributed by atoms with Crippen molar-refractivity contribution in [2.45, 2.75) is 6.92 Å². The van der Waals surface area contributed by atoms with Crippen LogP contribution in [0.5, 0.6) is 0 Å². The zero-order valence-electron chi connectivity index (χ0n) is 9.96. The fourth-order valence-corrected chi connectivity index (χ4v) is 2.25. The Morgan fingerprint density at radius 2 is 2.11 bits per heavy atom. The smallest absolute Gasteiger partial charge is 0.261 e. The number of carbonyl (C=O) groups is 1. The van der Waals surface area contributed by atoms with Crippen molar-refractivity contribution in [1.29, 1.82) is 0 Å². The third kappa shape index (κ3) is 3.24. The molecule has 0 spiro atoms. The van der Waals surface area contributed by atoms with E-state index in [-0.39, 0.29) is 11.0 Å². The molecule has 0 bridgehead atoms. The highest BCUT2D eigenvalue weighted by atomic mass is 79.9. The van der Waals surface area contributed by atoms with Gasteiger partial charge in [0.25, 0.3) is 5.91 Å². The minimum atomic E-state index is -0.495. The van der Waals surface area contributed by atoms with Crippen LogP contribution in [0.4, 0.5) is 5.69 Å². The minimum Gasteiger partial charge on any atom is -0.364 e. The van der Waals surface area contributed by atoms with Crippen LogP contribution in [0.25, 0.3) is 0 Å². The number of rotatable bonds is 2. The average molecular weight is 342 g/mol. The van der Waals surface area contributed by atoms with Gasteiger partial charge in [0.05, 0.1) is 10.7 Å². The average Bonchev–Trinajstić information content (AvgIpc) is 2.32. The Hall–Kier alpha value is -1.59. The van der Waals surface area contributed by atoms with Gasteiger partial charge in [0.1, 0.15) is 5.56 Å². The molecule has 0 unspecified atom stereocenters. The van der Waals surface area contributed by atoms with Crippen molar-refractivity contribution < 1.29 is 4.79 Å². The lowest BCUT2D eigenvalue weighted by molar-refractivity contribution is 0.102. The van der Waals surface area contributed by atoms with Crippen molar-refractivity contribution in [3.05, 3.63) is 61.4 Å². The highest BCUT2D eigenvalue weighted by Crippen LogP contribution is 2.25. The molecule has 0 atom stereocenters. The number of hydrogen-bond donors (Lipinski definition) is 2. The van der Waals surface area contributed by atoms with Crippen LogP contribution < -0.4 is 10.7 Å². The largest absolute Gasteiger partial charge is 0.364 e. The third-order valence-electron chi connectivity index (χ3n) is 2.48. The maximum Gasteiger partial charge on any atom is 0.261 e. The Labute approximate surface area is 122 Å². The number of nitrogens with one attached hydrogen (secondary N) is 2. The summed E-state index contributed by atoms with van der Waals surface area (Å²) >= 11 is 9.27. The third-order valence-corrected chi connectivity index (χ3v) is 3.29. The van der Waals surface area contributed by atoms with Crippen molar-refractivity contribution in [2.75, 3.05) is 5.32 Å². The second-order valence-corrected chi connectivity index (χ2v) is 5.30. The molecule has 1 aromatic carbocycles. The fraction of sp³-hybridized carbons (Fsp3) is 0.0769. The summed E-state index contributed by atoms with van der Waals surface area (Å²) in [4.78, 5) is 26.5. The number of amides is 1. The van der Waals surface area contributed by atoms with E-state index in [1.807, 2.05) is 0 Å². The van der Waals surface area contributed by atoms with Gasteiger partial charge >= 0.3 is 0 Å². The van der Waals surface area contributed by atoms with E-state index in [0.717, 1.165) is 4.47 Å². The first-order chi connectivity index (χ1) is 8.97. The van der Waals surface area contributed by atoms with Crippen LogP contribution in [0.2, 0.25) is 5.02 Å². The van der Waals surface area contributed by atoms with Crippen molar-refractivity contribution in [1.82, 2.24) is 4.98 Å². The van der Waals surface area contributed by atoms with Gasteiger partial charge in [-0.25, -0.2) is 0 Å². The molecule has 2 aromatic rings. The van der Waals surface area contributed by atoms with Gasteiger partial charge in [0.15, 0.2) is 5.43 Å². The number of aromatic amines is 1. The molecule has 0 saturated carbocycles. The van der Waals surface area contributed by atoms with E-state index < -0.39 is 5.91 Å². The fourth-order valence-electron chi connectivity index (χ4n) is 1.53. The van der Waals surface area contributed by atoms with Gasteiger partial charge in [0.2, 0.25) is 0 Å². The summed E-state index contributed by atoms with van der Waals surface area (Å²) in [6.07, 6.45) is 1.39. The summed E-state index contributed by atoms with van der Waals surface area (Å²) in [6, 6.07) is 6.45. The predicted molar refractivity (Wildman–Crippen MR) is 78.9 cm³/mol. The van der Waals surface area contributed by atoms with E-state index in [1.165, 1.54) is 12.3 Å². The molecule has 0 fully saturated rings. The number of aryl methyl sites for hydroxylation is 1. The molecule has 19 heavy (non-hydrogen) atoms. The maximum atomic E-state index is 12.0. The van der Waals surface area contributed by atoms with Gasteiger partial charge in [-0.05, 0) is 25.1 Å². The number of benzene rings is 1. The van der Waals surface area contributed by atoms with Gasteiger partial charge in [-0.15, -0.1) is 0 Å². The van der Waals surface area contributed by atoms with Crippen LogP contribution in [-0.4, -0.2) is 10.9 Å². The Morgan fingerprint density at radius 3 is 2.74 bits per heavy atom. The Morgan fingerprint density at radius 1 is 1.37 bits per heavy atom. The molecular formula is C13H10BrClN2O2. The van der Waals surface area contributed by atoms with Crippen molar-refractivity contribution in [3.8, 4) is 0 Å². The summed E-state index contributed by atoms with van der Waals surface area (Å²) in [5.74, 6) is -0.495. The van der Waals surface area contributed by atoms with Crippen LogP contribution in [-0.2, 0) is 0 Å². The van der Waals surface area contributed by atoms with E-state index >= 15 is 0 Å². The molecule has 1 heterocycles. The number of H-pyrrole nitrogens is 1. The van der Waals surface area contributed by atoms with Crippen LogP contribution in [0.3, 0.4) is 0 Å². The molecule has 0 aliphatic carbocycles. The monoisotopic (exact) mass is 340 g/mol. The molecule has 1 amide bonds. The van der Waals surface area contributed by atoms with E-state index in [2.05, 4.69) is 26.2 Å². The number of carbonyl (C=O) groups excluding carboxylic acids is 1. The molecule has 98 valence electrons. The van der Waals surface area contributed by atoms with Crippen LogP contribution >= 0.6 is 27.5 Å². The van der Waals surface area contributed by atoms with Crippen LogP contribution in [0.1, 0.15) is 16.1 Å².